The minimum atomic E-state index is -0.374. The van der Waals surface area contributed by atoms with Gasteiger partial charge in [-0.2, -0.15) is 0 Å². The van der Waals surface area contributed by atoms with E-state index in [1.54, 1.807) is 4.90 Å². The maximum absolute atomic E-state index is 12.1. The molecule has 0 N–H and O–H groups in total. The molecule has 2 heteroatoms. The minimum absolute atomic E-state index is 0.186. The van der Waals surface area contributed by atoms with E-state index in [0.717, 1.165) is 11.3 Å². The zero-order valence-electron chi connectivity index (χ0n) is 10.0. The van der Waals surface area contributed by atoms with E-state index in [1.165, 1.54) is 11.1 Å². The number of carbonyl (C=O) groups is 1. The molecular formula is C13H17NO. The summed E-state index contributed by atoms with van der Waals surface area (Å²) >= 11 is 0. The molecule has 0 atom stereocenters. The van der Waals surface area contributed by atoms with Gasteiger partial charge in [0.1, 0.15) is 0 Å². The third-order valence-corrected chi connectivity index (χ3v) is 3.29. The number of fused-ring (bicyclic) bond motifs is 1. The van der Waals surface area contributed by atoms with Gasteiger partial charge in [-0.15, -0.1) is 0 Å². The number of rotatable bonds is 0. The smallest absolute Gasteiger partial charge is 0.236 e. The van der Waals surface area contributed by atoms with Gasteiger partial charge in [0, 0.05) is 7.05 Å². The van der Waals surface area contributed by atoms with E-state index in [9.17, 15) is 4.79 Å². The molecule has 2 nitrogen and oxygen atoms in total. The Hall–Kier alpha value is -1.31. The number of hydrogen-bond donors (Lipinski definition) is 0. The Balaban J connectivity index is 2.77. The molecule has 0 aliphatic carbocycles. The SMILES string of the molecule is Cc1cc(C)c2c(c1)C(C)(C)C(=O)N2C. The molecular weight excluding hydrogens is 186 g/mol. The van der Waals surface area contributed by atoms with Crippen molar-refractivity contribution in [3.8, 4) is 0 Å². The third kappa shape index (κ3) is 1.21. The van der Waals surface area contributed by atoms with Crippen LogP contribution in [-0.4, -0.2) is 13.0 Å². The van der Waals surface area contributed by atoms with Crippen LogP contribution < -0.4 is 4.90 Å². The average Bonchev–Trinajstić information content (AvgIpc) is 2.28. The van der Waals surface area contributed by atoms with E-state index < -0.39 is 0 Å². The summed E-state index contributed by atoms with van der Waals surface area (Å²) in [6, 6.07) is 4.26. The average molecular weight is 203 g/mol. The van der Waals surface area contributed by atoms with Crippen LogP contribution >= 0.6 is 0 Å². The molecule has 1 aliphatic heterocycles. The summed E-state index contributed by atoms with van der Waals surface area (Å²) in [5, 5.41) is 0. The molecule has 1 aromatic rings. The second-order valence-electron chi connectivity index (χ2n) is 4.97. The first-order valence-electron chi connectivity index (χ1n) is 5.25. The fourth-order valence-corrected chi connectivity index (χ4v) is 2.52. The molecule has 1 heterocycles. The van der Waals surface area contributed by atoms with Crippen LogP contribution in [0.4, 0.5) is 5.69 Å². The number of likely N-dealkylation sites (N-methyl/N-ethyl adjacent to an activating group) is 1. The van der Waals surface area contributed by atoms with E-state index in [-0.39, 0.29) is 11.3 Å². The minimum Gasteiger partial charge on any atom is -0.314 e. The highest BCUT2D eigenvalue weighted by atomic mass is 16.2. The Morgan fingerprint density at radius 3 is 2.40 bits per heavy atom. The highest BCUT2D eigenvalue weighted by Crippen LogP contribution is 2.42. The lowest BCUT2D eigenvalue weighted by atomic mass is 9.84. The summed E-state index contributed by atoms with van der Waals surface area (Å²) in [6.07, 6.45) is 0. The standard InChI is InChI=1S/C13H17NO/c1-8-6-9(2)11-10(7-8)13(3,4)12(15)14(11)5/h6-7H,1-5H3. The first-order valence-corrected chi connectivity index (χ1v) is 5.25. The summed E-state index contributed by atoms with van der Waals surface area (Å²) in [5.74, 6) is 0.186. The van der Waals surface area contributed by atoms with Crippen molar-refractivity contribution < 1.29 is 4.79 Å². The van der Waals surface area contributed by atoms with Crippen LogP contribution in [0.25, 0.3) is 0 Å². The van der Waals surface area contributed by atoms with Crippen molar-refractivity contribution in [1.82, 2.24) is 0 Å². The first-order chi connectivity index (χ1) is 6.85. The van der Waals surface area contributed by atoms with Crippen LogP contribution in [0.1, 0.15) is 30.5 Å². The van der Waals surface area contributed by atoms with E-state index >= 15 is 0 Å². The molecule has 0 aromatic heterocycles. The molecule has 0 unspecified atom stereocenters. The van der Waals surface area contributed by atoms with Crippen LogP contribution in [0.3, 0.4) is 0 Å². The Labute approximate surface area is 90.9 Å². The number of amides is 1. The van der Waals surface area contributed by atoms with Crippen molar-refractivity contribution in [2.45, 2.75) is 33.1 Å². The van der Waals surface area contributed by atoms with Gasteiger partial charge in [0.25, 0.3) is 0 Å². The maximum atomic E-state index is 12.1. The van der Waals surface area contributed by atoms with Gasteiger partial charge in [0.2, 0.25) is 5.91 Å². The second-order valence-corrected chi connectivity index (χ2v) is 4.97. The van der Waals surface area contributed by atoms with Crippen molar-refractivity contribution in [3.63, 3.8) is 0 Å². The molecule has 80 valence electrons. The monoisotopic (exact) mass is 203 g/mol. The van der Waals surface area contributed by atoms with Gasteiger partial charge in [0.15, 0.2) is 0 Å². The largest absolute Gasteiger partial charge is 0.314 e. The van der Waals surface area contributed by atoms with Crippen LogP contribution in [0.15, 0.2) is 12.1 Å². The summed E-state index contributed by atoms with van der Waals surface area (Å²) < 4.78 is 0. The fraction of sp³-hybridized carbons (Fsp3) is 0.462. The number of nitrogens with zero attached hydrogens (tertiary/aromatic N) is 1. The normalized spacial score (nSPS) is 18.2. The predicted molar refractivity (Wildman–Crippen MR) is 62.4 cm³/mol. The second kappa shape index (κ2) is 2.84. The Bertz CT molecular complexity index is 446. The van der Waals surface area contributed by atoms with Crippen molar-refractivity contribution in [2.24, 2.45) is 0 Å². The van der Waals surface area contributed by atoms with E-state index in [2.05, 4.69) is 26.0 Å². The van der Waals surface area contributed by atoms with Gasteiger partial charge in [0.05, 0.1) is 11.1 Å². The van der Waals surface area contributed by atoms with E-state index in [0.29, 0.717) is 0 Å². The van der Waals surface area contributed by atoms with Gasteiger partial charge < -0.3 is 4.90 Å². The Morgan fingerprint density at radius 1 is 1.20 bits per heavy atom. The highest BCUT2D eigenvalue weighted by Gasteiger charge is 2.42. The van der Waals surface area contributed by atoms with Gasteiger partial charge >= 0.3 is 0 Å². The number of hydrogen-bond acceptors (Lipinski definition) is 1. The molecule has 0 spiro atoms. The number of carbonyl (C=O) groups excluding carboxylic acids is 1. The van der Waals surface area contributed by atoms with E-state index in [1.807, 2.05) is 20.9 Å². The lowest BCUT2D eigenvalue weighted by Gasteiger charge is -2.16. The Kier molecular flexibility index (Phi) is 1.94. The van der Waals surface area contributed by atoms with Gasteiger partial charge in [-0.1, -0.05) is 17.7 Å². The number of anilines is 1. The summed E-state index contributed by atoms with van der Waals surface area (Å²) in [6.45, 7) is 8.14. The van der Waals surface area contributed by atoms with Crippen LogP contribution in [0.2, 0.25) is 0 Å². The summed E-state index contributed by atoms with van der Waals surface area (Å²) in [4.78, 5) is 13.9. The zero-order valence-corrected chi connectivity index (χ0v) is 10.0. The molecule has 1 aliphatic rings. The lowest BCUT2D eigenvalue weighted by molar-refractivity contribution is -0.121. The number of aryl methyl sites for hydroxylation is 2. The molecule has 1 amide bonds. The summed E-state index contributed by atoms with van der Waals surface area (Å²) in [5.41, 5.74) is 4.29. The quantitative estimate of drug-likeness (QED) is 0.634. The van der Waals surface area contributed by atoms with Crippen molar-refractivity contribution in [3.05, 3.63) is 28.8 Å². The van der Waals surface area contributed by atoms with E-state index in [4.69, 9.17) is 0 Å². The Morgan fingerprint density at radius 2 is 1.80 bits per heavy atom. The lowest BCUT2D eigenvalue weighted by Crippen LogP contribution is -2.33. The van der Waals surface area contributed by atoms with Gasteiger partial charge in [-0.25, -0.2) is 0 Å². The molecule has 0 bridgehead atoms. The van der Waals surface area contributed by atoms with Crippen LogP contribution in [0.5, 0.6) is 0 Å². The molecule has 0 radical (unpaired) electrons. The van der Waals surface area contributed by atoms with Crippen LogP contribution in [-0.2, 0) is 10.2 Å². The highest BCUT2D eigenvalue weighted by molar-refractivity contribution is 6.07. The molecule has 0 fully saturated rings. The predicted octanol–water partition coefficient (Wildman–Crippen LogP) is 2.56. The topological polar surface area (TPSA) is 20.3 Å². The van der Waals surface area contributed by atoms with Gasteiger partial charge in [-0.3, -0.25) is 4.79 Å². The molecule has 0 saturated heterocycles. The van der Waals surface area contributed by atoms with Crippen molar-refractivity contribution in [1.29, 1.82) is 0 Å². The molecule has 2 rings (SSSR count). The zero-order chi connectivity index (χ0) is 11.4. The third-order valence-electron chi connectivity index (χ3n) is 3.29. The van der Waals surface area contributed by atoms with Crippen molar-refractivity contribution in [2.75, 3.05) is 11.9 Å². The molecule has 15 heavy (non-hydrogen) atoms. The fourth-order valence-electron chi connectivity index (χ4n) is 2.52. The number of benzene rings is 1. The molecule has 0 saturated carbocycles. The first kappa shape index (κ1) is 10.2. The van der Waals surface area contributed by atoms with Gasteiger partial charge in [-0.05, 0) is 38.8 Å². The molecule has 1 aromatic carbocycles. The summed E-state index contributed by atoms with van der Waals surface area (Å²) in [7, 11) is 1.86. The van der Waals surface area contributed by atoms with Crippen molar-refractivity contribution >= 4 is 11.6 Å². The van der Waals surface area contributed by atoms with Crippen LogP contribution in [0, 0.1) is 13.8 Å². The maximum Gasteiger partial charge on any atom is 0.236 e.